The molecule has 1 saturated heterocycles. The maximum absolute atomic E-state index is 10.6. The van der Waals surface area contributed by atoms with E-state index in [1.165, 1.54) is 19.3 Å². The number of carboxylic acids is 1. The molecule has 0 bridgehead atoms. The molecular weight excluding hydrogens is 415 g/mol. The largest absolute Gasteiger partial charge is 0.490 e. The van der Waals surface area contributed by atoms with Crippen molar-refractivity contribution in [2.75, 3.05) is 38.7 Å². The van der Waals surface area contributed by atoms with E-state index in [4.69, 9.17) is 24.7 Å². The molecule has 2 aliphatic rings. The van der Waals surface area contributed by atoms with Crippen molar-refractivity contribution < 1.29 is 27.8 Å². The number of carbonyl (C=O) groups is 1. The van der Waals surface area contributed by atoms with Crippen LogP contribution < -0.4 is 5.32 Å². The van der Waals surface area contributed by atoms with Crippen molar-refractivity contribution in [2.24, 2.45) is 0 Å². The highest BCUT2D eigenvalue weighted by Crippen LogP contribution is 2.27. The van der Waals surface area contributed by atoms with Crippen LogP contribution in [0.2, 0.25) is 0 Å². The second-order valence-electron chi connectivity index (χ2n) is 7.87. The molecule has 172 valence electrons. The topological polar surface area (TPSA) is 92.0 Å². The van der Waals surface area contributed by atoms with Gasteiger partial charge in [0, 0.05) is 25.6 Å². The third-order valence-corrected chi connectivity index (χ3v) is 5.63. The van der Waals surface area contributed by atoms with Gasteiger partial charge >= 0.3 is 12.1 Å². The van der Waals surface area contributed by atoms with E-state index in [0.29, 0.717) is 12.0 Å². The van der Waals surface area contributed by atoms with E-state index in [1.54, 1.807) is 7.11 Å². The van der Waals surface area contributed by atoms with Gasteiger partial charge in [0.1, 0.15) is 0 Å². The van der Waals surface area contributed by atoms with E-state index in [2.05, 4.69) is 28.5 Å². The highest BCUT2D eigenvalue weighted by Gasteiger charge is 2.38. The van der Waals surface area contributed by atoms with Crippen LogP contribution in [0.1, 0.15) is 43.8 Å². The first-order valence-corrected chi connectivity index (χ1v) is 10.4. The van der Waals surface area contributed by atoms with Gasteiger partial charge in [-0.3, -0.25) is 0 Å². The van der Waals surface area contributed by atoms with Crippen molar-refractivity contribution in [3.63, 3.8) is 0 Å². The molecule has 0 atom stereocenters. The summed E-state index contributed by atoms with van der Waals surface area (Å²) in [4.78, 5) is 16.1. The molecule has 1 saturated carbocycles. The maximum Gasteiger partial charge on any atom is 0.490 e. The summed E-state index contributed by atoms with van der Waals surface area (Å²) in [5.74, 6) is -1.28. The van der Waals surface area contributed by atoms with Gasteiger partial charge in [0.2, 0.25) is 0 Å². The lowest BCUT2D eigenvalue weighted by molar-refractivity contribution is -0.192. The number of piperidine rings is 1. The van der Waals surface area contributed by atoms with E-state index in [9.17, 15) is 13.2 Å². The molecule has 2 N–H and O–H groups in total. The number of rotatable bonds is 6. The number of carboxylic acid groups (broad SMARTS) is 1. The summed E-state index contributed by atoms with van der Waals surface area (Å²) < 4.78 is 38.8. The first-order chi connectivity index (χ1) is 14.8. The average Bonchev–Trinajstić information content (AvgIpc) is 3.12. The van der Waals surface area contributed by atoms with Crippen molar-refractivity contribution >= 4 is 17.3 Å². The number of fused-ring (bicyclic) bond motifs is 1. The molecule has 31 heavy (non-hydrogen) atoms. The number of nitrogens with zero attached hydrogens (tertiary/aromatic N) is 4. The number of hydrogen-bond acceptors (Lipinski definition) is 6. The highest BCUT2D eigenvalue weighted by atomic mass is 19.4. The third-order valence-electron chi connectivity index (χ3n) is 5.63. The predicted molar refractivity (Wildman–Crippen MR) is 108 cm³/mol. The number of nitrogens with one attached hydrogen (secondary N) is 1. The first kappa shape index (κ1) is 23.3. The first-order valence-electron chi connectivity index (χ1n) is 10.4. The van der Waals surface area contributed by atoms with E-state index in [0.717, 1.165) is 56.2 Å². The van der Waals surface area contributed by atoms with Gasteiger partial charge in [0.25, 0.3) is 0 Å². The van der Waals surface area contributed by atoms with E-state index < -0.39 is 12.1 Å². The Balaban J connectivity index is 0.000000339. The number of ether oxygens (including phenoxy) is 1. The van der Waals surface area contributed by atoms with Crippen molar-refractivity contribution in [3.05, 3.63) is 24.2 Å². The molecule has 0 radical (unpaired) electrons. The van der Waals surface area contributed by atoms with Crippen LogP contribution in [-0.2, 0) is 9.53 Å². The van der Waals surface area contributed by atoms with Gasteiger partial charge < -0.3 is 20.1 Å². The summed E-state index contributed by atoms with van der Waals surface area (Å²) in [6, 6.07) is 4.84. The van der Waals surface area contributed by atoms with Gasteiger partial charge in [-0.2, -0.15) is 18.3 Å². The Bertz CT molecular complexity index is 861. The number of methoxy groups -OCH3 is 1. The van der Waals surface area contributed by atoms with Crippen molar-refractivity contribution in [1.82, 2.24) is 19.5 Å². The Morgan fingerprint density at radius 1 is 1.26 bits per heavy atom. The van der Waals surface area contributed by atoms with Gasteiger partial charge in [-0.05, 0) is 57.3 Å². The molecule has 4 rings (SSSR count). The SMILES string of the molecule is COCCN1CCC(c2nc3ccc(NC4CCC4)cn3n2)CC1.O=C(O)C(F)(F)F. The monoisotopic (exact) mass is 443 g/mol. The minimum Gasteiger partial charge on any atom is -0.475 e. The van der Waals surface area contributed by atoms with E-state index in [1.807, 2.05) is 4.52 Å². The fourth-order valence-corrected chi connectivity index (χ4v) is 3.58. The number of alkyl halides is 3. The van der Waals surface area contributed by atoms with Gasteiger partial charge in [0.15, 0.2) is 11.5 Å². The Morgan fingerprint density at radius 3 is 2.48 bits per heavy atom. The molecule has 3 heterocycles. The summed E-state index contributed by atoms with van der Waals surface area (Å²) in [6.07, 6.45) is 3.17. The highest BCUT2D eigenvalue weighted by molar-refractivity contribution is 5.73. The summed E-state index contributed by atoms with van der Waals surface area (Å²) in [5.41, 5.74) is 2.10. The lowest BCUT2D eigenvalue weighted by atomic mass is 9.93. The molecule has 0 amide bonds. The van der Waals surface area contributed by atoms with E-state index in [-0.39, 0.29) is 0 Å². The van der Waals surface area contributed by atoms with Gasteiger partial charge in [-0.25, -0.2) is 14.3 Å². The van der Waals surface area contributed by atoms with Crippen molar-refractivity contribution in [2.45, 2.75) is 50.2 Å². The van der Waals surface area contributed by atoms with Crippen LogP contribution in [0, 0.1) is 0 Å². The quantitative estimate of drug-likeness (QED) is 0.709. The Morgan fingerprint density at radius 2 is 1.94 bits per heavy atom. The van der Waals surface area contributed by atoms with Crippen LogP contribution >= 0.6 is 0 Å². The van der Waals surface area contributed by atoms with Crippen LogP contribution in [0.15, 0.2) is 18.3 Å². The molecule has 11 heteroatoms. The number of likely N-dealkylation sites (tertiary alicyclic amines) is 1. The van der Waals surface area contributed by atoms with Gasteiger partial charge in [-0.15, -0.1) is 0 Å². The minimum atomic E-state index is -5.08. The number of hydrogen-bond donors (Lipinski definition) is 2. The molecule has 2 aromatic heterocycles. The second kappa shape index (κ2) is 10.3. The fraction of sp³-hybridized carbons (Fsp3) is 0.650. The van der Waals surface area contributed by atoms with Crippen molar-refractivity contribution in [3.8, 4) is 0 Å². The zero-order chi connectivity index (χ0) is 22.4. The summed E-state index contributed by atoms with van der Waals surface area (Å²) in [6.45, 7) is 4.06. The summed E-state index contributed by atoms with van der Waals surface area (Å²) in [5, 5.41) is 15.5. The van der Waals surface area contributed by atoms with Crippen LogP contribution in [0.25, 0.3) is 5.65 Å². The Kier molecular flexibility index (Phi) is 7.71. The van der Waals surface area contributed by atoms with Crippen LogP contribution in [0.5, 0.6) is 0 Å². The zero-order valence-electron chi connectivity index (χ0n) is 17.4. The van der Waals surface area contributed by atoms with Crippen LogP contribution in [0.4, 0.5) is 18.9 Å². The number of anilines is 1. The predicted octanol–water partition coefficient (Wildman–Crippen LogP) is 3.15. The normalized spacial score (nSPS) is 18.3. The summed E-state index contributed by atoms with van der Waals surface area (Å²) in [7, 11) is 1.77. The van der Waals surface area contributed by atoms with E-state index >= 15 is 0 Å². The Hall–Kier alpha value is -2.40. The van der Waals surface area contributed by atoms with Crippen LogP contribution in [-0.4, -0.2) is 76.1 Å². The number of aliphatic carboxylic acids is 1. The molecule has 2 aromatic rings. The van der Waals surface area contributed by atoms with Gasteiger partial charge in [-0.1, -0.05) is 0 Å². The van der Waals surface area contributed by atoms with Crippen molar-refractivity contribution in [1.29, 1.82) is 0 Å². The lowest BCUT2D eigenvalue weighted by Gasteiger charge is -2.30. The smallest absolute Gasteiger partial charge is 0.475 e. The maximum atomic E-state index is 10.6. The number of aromatic nitrogens is 3. The molecule has 0 unspecified atom stereocenters. The average molecular weight is 443 g/mol. The minimum absolute atomic E-state index is 0.478. The molecule has 0 spiro atoms. The number of halogens is 3. The molecule has 1 aliphatic carbocycles. The summed E-state index contributed by atoms with van der Waals surface area (Å²) >= 11 is 0. The molecular formula is C20H28F3N5O3. The molecule has 8 nitrogen and oxygen atoms in total. The van der Waals surface area contributed by atoms with Gasteiger partial charge in [0.05, 0.1) is 18.5 Å². The molecule has 2 fully saturated rings. The zero-order valence-corrected chi connectivity index (χ0v) is 17.4. The fourth-order valence-electron chi connectivity index (χ4n) is 3.58. The lowest BCUT2D eigenvalue weighted by Crippen LogP contribution is -2.35. The van der Waals surface area contributed by atoms with Crippen LogP contribution in [0.3, 0.4) is 0 Å². The number of pyridine rings is 1. The standard InChI is InChI=1S/C18H27N5O.C2HF3O2/c1-24-12-11-22-9-7-14(8-10-22)18-20-17-6-5-16(13-23(17)21-18)19-15-3-2-4-15;3-2(4,5)1(6)7/h5-6,13-15,19H,2-4,7-12H2,1H3;(H,6,7). The Labute approximate surface area is 178 Å². The third kappa shape index (κ3) is 6.54. The molecule has 0 aromatic carbocycles. The molecule has 1 aliphatic heterocycles. The second-order valence-corrected chi connectivity index (χ2v) is 7.87.